The summed E-state index contributed by atoms with van der Waals surface area (Å²) in [6.07, 6.45) is 40.1. The van der Waals surface area contributed by atoms with Gasteiger partial charge in [0.2, 0.25) is 0 Å². The van der Waals surface area contributed by atoms with Crippen LogP contribution >= 0.6 is 0 Å². The van der Waals surface area contributed by atoms with Crippen molar-refractivity contribution in [2.24, 2.45) is 0 Å². The van der Waals surface area contributed by atoms with E-state index in [4.69, 9.17) is 18.9 Å². The van der Waals surface area contributed by atoms with Gasteiger partial charge in [-0.3, -0.25) is 9.59 Å². The third-order valence-corrected chi connectivity index (χ3v) is 11.3. The first-order valence-electron chi connectivity index (χ1n) is 24.6. The topological polar surface area (TPSA) is 152 Å². The lowest BCUT2D eigenvalue weighted by atomic mass is 9.99. The molecule has 1 fully saturated rings. The first-order chi connectivity index (χ1) is 29.3. The molecule has 10 heteroatoms. The van der Waals surface area contributed by atoms with Crippen LogP contribution < -0.4 is 0 Å². The van der Waals surface area contributed by atoms with Gasteiger partial charge in [0, 0.05) is 12.8 Å². The summed E-state index contributed by atoms with van der Waals surface area (Å²) in [7, 11) is 0. The first-order valence-corrected chi connectivity index (χ1v) is 24.6. The van der Waals surface area contributed by atoms with Crippen LogP contribution in [0.3, 0.4) is 0 Å². The molecule has 0 aromatic rings. The van der Waals surface area contributed by atoms with E-state index in [0.717, 1.165) is 70.6 Å². The van der Waals surface area contributed by atoms with Crippen LogP contribution in [-0.4, -0.2) is 89.0 Å². The molecule has 1 aliphatic rings. The highest BCUT2D eigenvalue weighted by molar-refractivity contribution is 5.70. The number of rotatable bonds is 41. The van der Waals surface area contributed by atoms with Crippen molar-refractivity contribution >= 4 is 11.9 Å². The monoisotopic (exact) mass is 851 g/mol. The van der Waals surface area contributed by atoms with Gasteiger partial charge in [-0.15, -0.1) is 0 Å². The number of aliphatic hydroxyl groups excluding tert-OH is 4. The lowest BCUT2D eigenvalue weighted by Gasteiger charge is -2.39. The predicted molar refractivity (Wildman–Crippen MR) is 242 cm³/mol. The van der Waals surface area contributed by atoms with Crippen LogP contribution in [0.15, 0.2) is 36.5 Å². The summed E-state index contributed by atoms with van der Waals surface area (Å²) < 4.78 is 22.2. The number of carbonyl (C=O) groups is 2. The van der Waals surface area contributed by atoms with Crippen LogP contribution in [0.2, 0.25) is 0 Å². The van der Waals surface area contributed by atoms with Crippen molar-refractivity contribution in [1.82, 2.24) is 0 Å². The summed E-state index contributed by atoms with van der Waals surface area (Å²) in [6, 6.07) is 0. The van der Waals surface area contributed by atoms with E-state index < -0.39 is 49.4 Å². The van der Waals surface area contributed by atoms with E-state index in [-0.39, 0.29) is 32.0 Å². The lowest BCUT2D eigenvalue weighted by Crippen LogP contribution is -2.59. The standard InChI is InChI=1S/C50H90O10/c1-3-5-7-9-11-13-15-17-19-20-21-22-23-25-27-29-31-33-35-37-39-46(53)59-43(42-58-50-49(56)48(55)47(54)44(40-51)60-50)41-57-45(52)38-36-34-32-30-28-26-24-18-16-14-12-10-8-6-4-2/h6,8,12,14,18,24,43-44,47-51,54-56H,3-5,7,9-11,13,15-17,19-23,25-42H2,1-2H3/b8-6+,14-12+,24-18+/t43-,44-,47+,48?,49?,50-/m1/s1. The minimum Gasteiger partial charge on any atom is -0.462 e. The molecule has 4 N–H and O–H groups in total. The highest BCUT2D eigenvalue weighted by Crippen LogP contribution is 2.23. The van der Waals surface area contributed by atoms with Gasteiger partial charge in [0.05, 0.1) is 13.2 Å². The highest BCUT2D eigenvalue weighted by Gasteiger charge is 2.44. The molecule has 6 atom stereocenters. The first kappa shape index (κ1) is 55.9. The Kier molecular flexibility index (Phi) is 38.2. The number of esters is 2. The van der Waals surface area contributed by atoms with Gasteiger partial charge in [-0.1, -0.05) is 192 Å². The molecular formula is C50H90O10. The molecule has 60 heavy (non-hydrogen) atoms. The second-order valence-electron chi connectivity index (χ2n) is 16.9. The van der Waals surface area contributed by atoms with E-state index in [0.29, 0.717) is 12.8 Å². The quantitative estimate of drug-likeness (QED) is 0.0266. The van der Waals surface area contributed by atoms with Gasteiger partial charge in [0.1, 0.15) is 31.0 Å². The Labute approximate surface area is 366 Å². The zero-order valence-electron chi connectivity index (χ0n) is 38.2. The molecule has 0 radical (unpaired) electrons. The molecule has 1 aliphatic heterocycles. The molecule has 0 aliphatic carbocycles. The smallest absolute Gasteiger partial charge is 0.306 e. The Hall–Kier alpha value is -2.08. The molecule has 1 rings (SSSR count). The molecule has 0 spiro atoms. The van der Waals surface area contributed by atoms with E-state index in [1.165, 1.54) is 103 Å². The summed E-state index contributed by atoms with van der Waals surface area (Å²) in [5, 5.41) is 40.1. The van der Waals surface area contributed by atoms with Crippen molar-refractivity contribution in [2.45, 2.75) is 250 Å². The molecule has 10 nitrogen and oxygen atoms in total. The van der Waals surface area contributed by atoms with E-state index in [9.17, 15) is 30.0 Å². The van der Waals surface area contributed by atoms with Crippen molar-refractivity contribution in [2.75, 3.05) is 19.8 Å². The summed E-state index contributed by atoms with van der Waals surface area (Å²) in [4.78, 5) is 25.4. The van der Waals surface area contributed by atoms with Crippen LogP contribution in [0, 0.1) is 0 Å². The number of ether oxygens (including phenoxy) is 4. The van der Waals surface area contributed by atoms with E-state index >= 15 is 0 Å². The summed E-state index contributed by atoms with van der Waals surface area (Å²) in [5.41, 5.74) is 0. The minimum absolute atomic E-state index is 0.224. The van der Waals surface area contributed by atoms with Crippen molar-refractivity contribution in [3.05, 3.63) is 36.5 Å². The van der Waals surface area contributed by atoms with E-state index in [1.807, 2.05) is 0 Å². The second kappa shape index (κ2) is 41.0. The highest BCUT2D eigenvalue weighted by atomic mass is 16.7. The molecule has 0 aromatic heterocycles. The van der Waals surface area contributed by atoms with Gasteiger partial charge in [-0.2, -0.15) is 0 Å². The number of unbranched alkanes of at least 4 members (excludes halogenated alkanes) is 24. The summed E-state index contributed by atoms with van der Waals surface area (Å²) in [6.45, 7) is 3.32. The Balaban J connectivity index is 2.27. The van der Waals surface area contributed by atoms with Crippen LogP contribution in [-0.2, 0) is 28.5 Å². The lowest BCUT2D eigenvalue weighted by molar-refractivity contribution is -0.305. The summed E-state index contributed by atoms with van der Waals surface area (Å²) >= 11 is 0. The van der Waals surface area contributed by atoms with Gasteiger partial charge < -0.3 is 39.4 Å². The molecule has 1 heterocycles. The van der Waals surface area contributed by atoms with Crippen molar-refractivity contribution in [1.29, 1.82) is 0 Å². The third-order valence-electron chi connectivity index (χ3n) is 11.3. The molecule has 2 unspecified atom stereocenters. The van der Waals surface area contributed by atoms with Crippen LogP contribution in [0.4, 0.5) is 0 Å². The maximum atomic E-state index is 12.8. The predicted octanol–water partition coefficient (Wildman–Crippen LogP) is 11.1. The number of allylic oxidation sites excluding steroid dienone is 6. The molecule has 0 amide bonds. The maximum Gasteiger partial charge on any atom is 0.306 e. The Morgan fingerprint density at radius 1 is 0.533 bits per heavy atom. The van der Waals surface area contributed by atoms with Crippen LogP contribution in [0.25, 0.3) is 0 Å². The Morgan fingerprint density at radius 3 is 1.48 bits per heavy atom. The molecule has 0 aromatic carbocycles. The van der Waals surface area contributed by atoms with Gasteiger partial charge in [-0.05, 0) is 44.9 Å². The largest absolute Gasteiger partial charge is 0.462 e. The molecule has 0 saturated carbocycles. The zero-order valence-corrected chi connectivity index (χ0v) is 38.2. The number of hydrogen-bond acceptors (Lipinski definition) is 10. The minimum atomic E-state index is -1.60. The maximum absolute atomic E-state index is 12.8. The number of carbonyl (C=O) groups excluding carboxylic acids is 2. The fourth-order valence-corrected chi connectivity index (χ4v) is 7.44. The molecule has 0 bridgehead atoms. The van der Waals surface area contributed by atoms with Gasteiger partial charge in [0.15, 0.2) is 12.4 Å². The Bertz CT molecular complexity index is 1080. The fourth-order valence-electron chi connectivity index (χ4n) is 7.44. The van der Waals surface area contributed by atoms with Gasteiger partial charge in [0.25, 0.3) is 0 Å². The molecular weight excluding hydrogens is 761 g/mol. The molecule has 1 saturated heterocycles. The third kappa shape index (κ3) is 31.7. The number of aliphatic hydroxyl groups is 4. The number of hydrogen-bond donors (Lipinski definition) is 4. The van der Waals surface area contributed by atoms with Crippen LogP contribution in [0.5, 0.6) is 0 Å². The van der Waals surface area contributed by atoms with Crippen LogP contribution in [0.1, 0.15) is 213 Å². The van der Waals surface area contributed by atoms with E-state index in [2.05, 4.69) is 50.3 Å². The molecule has 350 valence electrons. The fraction of sp³-hybridized carbons (Fsp3) is 0.840. The normalized spacial score (nSPS) is 20.1. The van der Waals surface area contributed by atoms with E-state index in [1.54, 1.807) is 0 Å². The van der Waals surface area contributed by atoms with Gasteiger partial charge >= 0.3 is 11.9 Å². The zero-order chi connectivity index (χ0) is 43.7. The van der Waals surface area contributed by atoms with Crippen molar-refractivity contribution in [3.63, 3.8) is 0 Å². The summed E-state index contributed by atoms with van der Waals surface area (Å²) in [5.74, 6) is -0.818. The van der Waals surface area contributed by atoms with Crippen molar-refractivity contribution < 1.29 is 49.0 Å². The SMILES string of the molecule is CC/C=C/C/C=C/C/C=C/CCCCCCCC(=O)OC[C@H](CO[C@@H]1O[C@H](CO)[C@H](O)C(O)C1O)OC(=O)CCCCCCCCCCCCCCCCCCCCCC. The van der Waals surface area contributed by atoms with Gasteiger partial charge in [-0.25, -0.2) is 0 Å². The average Bonchev–Trinajstić information content (AvgIpc) is 3.25. The Morgan fingerprint density at radius 2 is 0.983 bits per heavy atom. The van der Waals surface area contributed by atoms with Crippen molar-refractivity contribution in [3.8, 4) is 0 Å². The average molecular weight is 851 g/mol. The second-order valence-corrected chi connectivity index (χ2v) is 16.9.